The van der Waals surface area contributed by atoms with E-state index in [1.807, 2.05) is 18.2 Å². The van der Waals surface area contributed by atoms with Gasteiger partial charge in [0.05, 0.1) is 4.90 Å². The molecule has 1 heterocycles. The molecule has 1 N–H and O–H groups in total. The van der Waals surface area contributed by atoms with E-state index in [2.05, 4.69) is 23.7 Å². The minimum atomic E-state index is -3.76. The predicted octanol–water partition coefficient (Wildman–Crippen LogP) is 2.61. The Morgan fingerprint density at radius 1 is 1.36 bits per heavy atom. The topological polar surface area (TPSA) is 87.8 Å². The third-order valence-electron chi connectivity index (χ3n) is 3.55. The van der Waals surface area contributed by atoms with Crippen molar-refractivity contribution in [3.63, 3.8) is 0 Å². The fourth-order valence-corrected chi connectivity index (χ4v) is 3.06. The summed E-state index contributed by atoms with van der Waals surface area (Å²) in [7, 11) is -2.13. The van der Waals surface area contributed by atoms with Crippen LogP contribution in [0.3, 0.4) is 0 Å². The highest BCUT2D eigenvalue weighted by atomic mass is 32.2. The van der Waals surface area contributed by atoms with E-state index in [1.54, 1.807) is 19.2 Å². The number of anilines is 1. The first-order valence-electron chi connectivity index (χ1n) is 6.94. The summed E-state index contributed by atoms with van der Waals surface area (Å²) in [6.07, 6.45) is 2.45. The van der Waals surface area contributed by atoms with Crippen molar-refractivity contribution < 1.29 is 8.42 Å². The minimum Gasteiger partial charge on any atom is -0.272 e. The number of nitrogens with one attached hydrogen (secondary N) is 1. The van der Waals surface area contributed by atoms with Gasteiger partial charge in [0.15, 0.2) is 5.82 Å². The number of aryl methyl sites for hydroxylation is 1. The lowest BCUT2D eigenvalue weighted by Crippen LogP contribution is -2.14. The average Bonchev–Trinajstić information content (AvgIpc) is 2.85. The summed E-state index contributed by atoms with van der Waals surface area (Å²) in [5.41, 5.74) is 1.28. The largest absolute Gasteiger partial charge is 0.272 e. The molecule has 0 saturated heterocycles. The molecule has 0 saturated carbocycles. The van der Waals surface area contributed by atoms with Crippen LogP contribution in [-0.4, -0.2) is 18.2 Å². The Morgan fingerprint density at radius 2 is 2.00 bits per heavy atom. The molecule has 0 spiro atoms. The van der Waals surface area contributed by atoms with E-state index in [4.69, 9.17) is 5.26 Å². The van der Waals surface area contributed by atoms with Crippen LogP contribution in [0.4, 0.5) is 5.82 Å². The van der Waals surface area contributed by atoms with E-state index in [-0.39, 0.29) is 16.3 Å². The molecule has 0 aliphatic heterocycles. The van der Waals surface area contributed by atoms with Crippen molar-refractivity contribution >= 4 is 15.8 Å². The lowest BCUT2D eigenvalue weighted by Gasteiger charge is -2.10. The lowest BCUT2D eigenvalue weighted by atomic mass is 9.99. The van der Waals surface area contributed by atoms with Gasteiger partial charge >= 0.3 is 0 Å². The summed E-state index contributed by atoms with van der Waals surface area (Å²) in [6.45, 7) is 4.18. The summed E-state index contributed by atoms with van der Waals surface area (Å²) in [4.78, 5) is 0.147. The van der Waals surface area contributed by atoms with Crippen LogP contribution in [0.1, 0.15) is 37.3 Å². The average molecular weight is 318 g/mol. The quantitative estimate of drug-likeness (QED) is 0.918. The maximum Gasteiger partial charge on any atom is 0.263 e. The molecule has 1 aromatic heterocycles. The fraction of sp³-hybridized carbons (Fsp3) is 0.333. The first-order valence-corrected chi connectivity index (χ1v) is 8.42. The van der Waals surface area contributed by atoms with Gasteiger partial charge in [0.2, 0.25) is 0 Å². The van der Waals surface area contributed by atoms with Crippen molar-refractivity contribution in [3.05, 3.63) is 41.6 Å². The molecule has 116 valence electrons. The maximum absolute atomic E-state index is 12.4. The zero-order chi connectivity index (χ0) is 16.3. The second-order valence-electron chi connectivity index (χ2n) is 5.16. The Labute approximate surface area is 130 Å². The second-order valence-corrected chi connectivity index (χ2v) is 6.84. The molecule has 0 aliphatic carbocycles. The highest BCUT2D eigenvalue weighted by Gasteiger charge is 2.18. The monoisotopic (exact) mass is 318 g/mol. The molecule has 6 nitrogen and oxygen atoms in total. The van der Waals surface area contributed by atoms with Crippen LogP contribution in [0.25, 0.3) is 0 Å². The highest BCUT2D eigenvalue weighted by molar-refractivity contribution is 7.92. The van der Waals surface area contributed by atoms with Gasteiger partial charge in [-0.05, 0) is 30.0 Å². The summed E-state index contributed by atoms with van der Waals surface area (Å²) >= 11 is 0. The van der Waals surface area contributed by atoms with Crippen LogP contribution in [0, 0.1) is 11.3 Å². The van der Waals surface area contributed by atoms with E-state index in [0.29, 0.717) is 5.92 Å². The van der Waals surface area contributed by atoms with Crippen molar-refractivity contribution in [2.45, 2.75) is 31.1 Å². The van der Waals surface area contributed by atoms with Crippen LogP contribution in [0.15, 0.2) is 35.4 Å². The van der Waals surface area contributed by atoms with Gasteiger partial charge in [-0.15, -0.1) is 0 Å². The van der Waals surface area contributed by atoms with Gasteiger partial charge in [-0.3, -0.25) is 9.40 Å². The second kappa shape index (κ2) is 6.20. The lowest BCUT2D eigenvalue weighted by molar-refractivity contribution is 0.600. The van der Waals surface area contributed by atoms with E-state index >= 15 is 0 Å². The van der Waals surface area contributed by atoms with Gasteiger partial charge in [-0.2, -0.15) is 10.4 Å². The van der Waals surface area contributed by atoms with E-state index in [1.165, 1.54) is 10.9 Å². The summed E-state index contributed by atoms with van der Waals surface area (Å²) in [6, 6.07) is 8.67. The Kier molecular flexibility index (Phi) is 4.52. The molecule has 0 fully saturated rings. The summed E-state index contributed by atoms with van der Waals surface area (Å²) in [5, 5.41) is 12.9. The van der Waals surface area contributed by atoms with Gasteiger partial charge in [-0.1, -0.05) is 26.0 Å². The van der Waals surface area contributed by atoms with Gasteiger partial charge in [0.1, 0.15) is 11.6 Å². The molecule has 0 radical (unpaired) electrons. The molecule has 0 amide bonds. The van der Waals surface area contributed by atoms with E-state index in [9.17, 15) is 8.42 Å². The standard InChI is InChI=1S/C15H18N4O2S/c1-4-11(2)12-5-7-14(8-6-12)22(20,21)18-15-13(9-16)10-19(3)17-15/h5-8,10-11H,4H2,1-3H3,(H,17,18)/t11-/m0/s1. The third-order valence-corrected chi connectivity index (χ3v) is 4.91. The molecule has 0 aliphatic rings. The number of rotatable bonds is 5. The van der Waals surface area contributed by atoms with Crippen LogP contribution >= 0.6 is 0 Å². The van der Waals surface area contributed by atoms with Gasteiger partial charge in [0, 0.05) is 13.2 Å². The maximum atomic E-state index is 12.4. The number of sulfonamides is 1. The molecule has 0 bridgehead atoms. The molecule has 2 rings (SSSR count). The number of hydrogen-bond acceptors (Lipinski definition) is 4. The number of nitriles is 1. The van der Waals surface area contributed by atoms with Crippen molar-refractivity contribution in [2.24, 2.45) is 7.05 Å². The molecule has 1 atom stereocenters. The van der Waals surface area contributed by atoms with Crippen molar-refractivity contribution in [2.75, 3.05) is 4.72 Å². The minimum absolute atomic E-state index is 0.0380. The van der Waals surface area contributed by atoms with Gasteiger partial charge in [0.25, 0.3) is 10.0 Å². The molecular weight excluding hydrogens is 300 g/mol. The Hall–Kier alpha value is -2.33. The normalized spacial score (nSPS) is 12.6. The van der Waals surface area contributed by atoms with Crippen LogP contribution < -0.4 is 4.72 Å². The zero-order valence-electron chi connectivity index (χ0n) is 12.7. The number of benzene rings is 1. The van der Waals surface area contributed by atoms with Crippen molar-refractivity contribution in [3.8, 4) is 6.07 Å². The molecule has 0 unspecified atom stereocenters. The molecule has 1 aromatic carbocycles. The first kappa shape index (κ1) is 16.0. The fourth-order valence-electron chi connectivity index (χ4n) is 2.04. The van der Waals surface area contributed by atoms with Crippen molar-refractivity contribution in [1.29, 1.82) is 5.26 Å². The number of hydrogen-bond donors (Lipinski definition) is 1. The smallest absolute Gasteiger partial charge is 0.263 e. The Balaban J connectivity index is 2.29. The van der Waals surface area contributed by atoms with Crippen molar-refractivity contribution in [1.82, 2.24) is 9.78 Å². The Bertz CT molecular complexity index is 801. The first-order chi connectivity index (χ1) is 10.4. The van der Waals surface area contributed by atoms with Gasteiger partial charge < -0.3 is 0 Å². The predicted molar refractivity (Wildman–Crippen MR) is 83.9 cm³/mol. The molecule has 22 heavy (non-hydrogen) atoms. The van der Waals surface area contributed by atoms with Gasteiger partial charge in [-0.25, -0.2) is 8.42 Å². The molecule has 7 heteroatoms. The SMILES string of the molecule is CC[C@H](C)c1ccc(S(=O)(=O)Nc2nn(C)cc2C#N)cc1. The molecule has 2 aromatic rings. The zero-order valence-corrected chi connectivity index (χ0v) is 13.6. The van der Waals surface area contributed by atoms with E-state index in [0.717, 1.165) is 12.0 Å². The summed E-state index contributed by atoms with van der Waals surface area (Å²) in [5.74, 6) is 0.418. The van der Waals surface area contributed by atoms with Crippen LogP contribution in [0.2, 0.25) is 0 Å². The summed E-state index contributed by atoms with van der Waals surface area (Å²) < 4.78 is 28.5. The third kappa shape index (κ3) is 3.28. The van der Waals surface area contributed by atoms with Crippen LogP contribution in [0.5, 0.6) is 0 Å². The molecular formula is C15H18N4O2S. The van der Waals surface area contributed by atoms with E-state index < -0.39 is 10.0 Å². The number of nitrogens with zero attached hydrogens (tertiary/aromatic N) is 3. The number of aromatic nitrogens is 2. The Morgan fingerprint density at radius 3 is 2.55 bits per heavy atom. The highest BCUT2D eigenvalue weighted by Crippen LogP contribution is 2.22. The van der Waals surface area contributed by atoms with Crippen LogP contribution in [-0.2, 0) is 17.1 Å².